The average Bonchev–Trinajstić information content (AvgIpc) is 3.60. The molecule has 2 aliphatic carbocycles. The smallest absolute Gasteiger partial charge is 0.382 e. The Morgan fingerprint density at radius 2 is 1.71 bits per heavy atom. The van der Waals surface area contributed by atoms with E-state index in [4.69, 9.17) is 23.1 Å². The summed E-state index contributed by atoms with van der Waals surface area (Å²) in [5.74, 6) is -7.25. The highest BCUT2D eigenvalue weighted by atomic mass is 35.5. The number of pyridine rings is 1. The molecule has 0 aliphatic heterocycles. The Balaban J connectivity index is 1.57. The second kappa shape index (κ2) is 13.3. The van der Waals surface area contributed by atoms with E-state index in [0.29, 0.717) is 16.3 Å². The van der Waals surface area contributed by atoms with E-state index in [2.05, 4.69) is 33.6 Å². The number of allylic oxidation sites excluding steroid dienone is 1. The fourth-order valence-electron chi connectivity index (χ4n) is 7.50. The Labute approximate surface area is 315 Å². The zero-order chi connectivity index (χ0) is 40.8. The van der Waals surface area contributed by atoms with E-state index < -0.39 is 95.3 Å². The van der Waals surface area contributed by atoms with E-state index in [9.17, 15) is 39.9 Å². The Morgan fingerprint density at radius 3 is 2.32 bits per heavy atom. The van der Waals surface area contributed by atoms with Gasteiger partial charge >= 0.3 is 12.4 Å². The van der Waals surface area contributed by atoms with Gasteiger partial charge in [0.05, 0.1) is 21.6 Å². The van der Waals surface area contributed by atoms with Crippen LogP contribution >= 0.6 is 11.6 Å². The van der Waals surface area contributed by atoms with E-state index in [1.54, 1.807) is 6.92 Å². The monoisotopic (exact) mass is 809 g/mol. The maximum absolute atomic E-state index is 16.0. The zero-order valence-electron chi connectivity index (χ0n) is 28.6. The van der Waals surface area contributed by atoms with Crippen LogP contribution in [0.25, 0.3) is 22.0 Å². The minimum absolute atomic E-state index is 0.0906. The van der Waals surface area contributed by atoms with Gasteiger partial charge in [-0.3, -0.25) is 9.48 Å². The van der Waals surface area contributed by atoms with Crippen LogP contribution in [0.3, 0.4) is 0 Å². The molecule has 0 radical (unpaired) electrons. The number of nitrogens with two attached hydrogens (primary N) is 2. The normalized spacial score (nSPS) is 18.2. The van der Waals surface area contributed by atoms with Crippen molar-refractivity contribution in [2.75, 3.05) is 5.73 Å². The van der Waals surface area contributed by atoms with Crippen LogP contribution in [0.1, 0.15) is 65.1 Å². The number of rotatable bonds is 8. The van der Waals surface area contributed by atoms with E-state index in [0.717, 1.165) is 12.1 Å². The molecule has 56 heavy (non-hydrogen) atoms. The topological polar surface area (TPSA) is 118 Å². The van der Waals surface area contributed by atoms with Crippen molar-refractivity contribution >= 4 is 34.2 Å². The number of carbonyl (C=O) groups is 1. The highest BCUT2D eigenvalue weighted by Gasteiger charge is 2.69. The van der Waals surface area contributed by atoms with E-state index in [1.165, 1.54) is 24.3 Å². The lowest BCUT2D eigenvalue weighted by atomic mass is 9.84. The molecule has 4 atom stereocenters. The Morgan fingerprint density at radius 1 is 1.05 bits per heavy atom. The molecule has 19 heteroatoms. The van der Waals surface area contributed by atoms with Crippen LogP contribution in [0.15, 0.2) is 54.6 Å². The van der Waals surface area contributed by atoms with Crippen molar-refractivity contribution in [1.29, 1.82) is 0 Å². The number of hydrogen-bond donors (Lipinski definition) is 2. The predicted molar refractivity (Wildman–Crippen MR) is 183 cm³/mol. The third-order valence-corrected chi connectivity index (χ3v) is 9.96. The van der Waals surface area contributed by atoms with Crippen molar-refractivity contribution in [3.05, 3.63) is 105 Å². The van der Waals surface area contributed by atoms with Gasteiger partial charge in [-0.05, 0) is 73.1 Å². The van der Waals surface area contributed by atoms with Gasteiger partial charge in [-0.15, -0.1) is 0 Å². The second-order valence-corrected chi connectivity index (χ2v) is 14.1. The van der Waals surface area contributed by atoms with Gasteiger partial charge in [0.25, 0.3) is 5.92 Å². The van der Waals surface area contributed by atoms with Gasteiger partial charge in [0.1, 0.15) is 35.6 Å². The van der Waals surface area contributed by atoms with Gasteiger partial charge in [-0.2, -0.15) is 45.3 Å². The molecule has 4 N–H and O–H groups in total. The van der Waals surface area contributed by atoms with Crippen LogP contribution in [0.4, 0.5) is 49.7 Å². The molecule has 2 aromatic carbocycles. The summed E-state index contributed by atoms with van der Waals surface area (Å²) in [5.41, 5.74) is 7.32. The number of aromatic nitrogens is 5. The third kappa shape index (κ3) is 6.82. The zero-order valence-corrected chi connectivity index (χ0v) is 29.4. The molecule has 5 aromatic rings. The first-order valence-electron chi connectivity index (χ1n) is 16.6. The lowest BCUT2D eigenvalue weighted by Gasteiger charge is -2.29. The molecule has 1 amide bonds. The van der Waals surface area contributed by atoms with E-state index in [-0.39, 0.29) is 55.1 Å². The lowest BCUT2D eigenvalue weighted by molar-refractivity contribution is -0.143. The first-order valence-corrected chi connectivity index (χ1v) is 17.0. The molecule has 8 nitrogen and oxygen atoms in total. The second-order valence-electron chi connectivity index (χ2n) is 13.7. The van der Waals surface area contributed by atoms with Gasteiger partial charge in [0.2, 0.25) is 5.91 Å². The molecule has 1 unspecified atom stereocenters. The molecule has 0 saturated heterocycles. The minimum atomic E-state index is -5.26. The average molecular weight is 810 g/mol. The standard InChI is InChI=1S/C37H26ClF10N7O/c1-15(2)3-4-19-5-6-20(21-7-8-25(38)27-29(21)54(53-33(27)49)14-35(41,42)43)28(51-19)23(11-16-9-17(39)12-18(40)10-16)30(34(50)56)55-32-26(31(52-55)37(46,47)48)22-13-24(22)36(32,44)45/h5-10,12,22-24,30H,1,11,13-14H2,2H3,(H2,49,53)(H2,50,56)/t22-,23+,24+,30?/m0/s1. The number of alkyl halides is 8. The van der Waals surface area contributed by atoms with Gasteiger partial charge < -0.3 is 11.5 Å². The molecule has 7 rings (SSSR count). The van der Waals surface area contributed by atoms with Gasteiger partial charge in [-0.25, -0.2) is 18.4 Å². The molecule has 0 spiro atoms. The first kappa shape index (κ1) is 38.7. The maximum atomic E-state index is 16.0. The summed E-state index contributed by atoms with van der Waals surface area (Å²) < 4.78 is 147. The molecule has 3 aromatic heterocycles. The van der Waals surface area contributed by atoms with Crippen LogP contribution in [0.2, 0.25) is 5.02 Å². The van der Waals surface area contributed by atoms with Crippen LogP contribution in [-0.2, 0) is 29.9 Å². The van der Waals surface area contributed by atoms with Crippen LogP contribution in [0, 0.1) is 29.4 Å². The molecule has 3 heterocycles. The number of nitrogens with zero attached hydrogens (tertiary/aromatic N) is 5. The number of halogens is 11. The third-order valence-electron chi connectivity index (χ3n) is 9.64. The lowest BCUT2D eigenvalue weighted by Crippen LogP contribution is -2.37. The summed E-state index contributed by atoms with van der Waals surface area (Å²) in [6, 6.07) is 5.03. The first-order chi connectivity index (χ1) is 26.1. The minimum Gasteiger partial charge on any atom is -0.382 e. The highest BCUT2D eigenvalue weighted by Crippen LogP contribution is 2.69. The summed E-state index contributed by atoms with van der Waals surface area (Å²) in [5, 5.41) is 7.11. The molecule has 0 bridgehead atoms. The molecule has 1 saturated carbocycles. The summed E-state index contributed by atoms with van der Waals surface area (Å²) in [6.07, 6.45) is -11.1. The van der Waals surface area contributed by atoms with E-state index in [1.807, 2.05) is 0 Å². The number of fused-ring (bicyclic) bond motifs is 4. The van der Waals surface area contributed by atoms with Crippen molar-refractivity contribution in [3.8, 4) is 23.0 Å². The fourth-order valence-corrected chi connectivity index (χ4v) is 7.75. The number of anilines is 1. The van der Waals surface area contributed by atoms with Gasteiger partial charge in [0, 0.05) is 34.6 Å². The van der Waals surface area contributed by atoms with Crippen molar-refractivity contribution in [2.45, 2.75) is 62.5 Å². The summed E-state index contributed by atoms with van der Waals surface area (Å²) in [7, 11) is 0. The van der Waals surface area contributed by atoms with Crippen molar-refractivity contribution in [2.24, 2.45) is 11.7 Å². The highest BCUT2D eigenvalue weighted by molar-refractivity contribution is 6.37. The van der Waals surface area contributed by atoms with Crippen molar-refractivity contribution in [1.82, 2.24) is 24.5 Å². The Bertz CT molecular complexity index is 2510. The Hall–Kier alpha value is -5.57. The molecular formula is C37H26ClF10N7O. The van der Waals surface area contributed by atoms with E-state index >= 15 is 8.78 Å². The number of nitrogen functional groups attached to an aromatic ring is 1. The number of hydrogen-bond acceptors (Lipinski definition) is 5. The Kier molecular flexibility index (Phi) is 9.18. The quantitative estimate of drug-likeness (QED) is 0.120. The predicted octanol–water partition coefficient (Wildman–Crippen LogP) is 8.58. The SMILES string of the molecule is C=C(C)C#Cc1ccc(-c2ccc(Cl)c3c(N)nn(CC(F)(F)F)c23)c([C@@H](Cc2cc(F)cc(F)c2)C(C(N)=O)n2nc(C(F)(F)F)c3c2C(F)(F)[C@@H]2C[C@H]32)n1. The number of benzene rings is 2. The van der Waals surface area contributed by atoms with Crippen LogP contribution in [0.5, 0.6) is 0 Å². The number of amides is 1. The summed E-state index contributed by atoms with van der Waals surface area (Å²) in [4.78, 5) is 18.2. The number of primary amides is 1. The van der Waals surface area contributed by atoms with Crippen molar-refractivity contribution in [3.63, 3.8) is 0 Å². The molecule has 1 fully saturated rings. The summed E-state index contributed by atoms with van der Waals surface area (Å²) in [6.45, 7) is 3.56. The van der Waals surface area contributed by atoms with Gasteiger partial charge in [-0.1, -0.05) is 30.2 Å². The molecule has 2 aliphatic rings. The number of carbonyl (C=O) groups excluding carboxylic acids is 1. The molecular weight excluding hydrogens is 784 g/mol. The largest absolute Gasteiger partial charge is 0.435 e. The van der Waals surface area contributed by atoms with Crippen molar-refractivity contribution < 1.29 is 48.7 Å². The van der Waals surface area contributed by atoms with Gasteiger partial charge in [0.15, 0.2) is 11.5 Å². The maximum Gasteiger partial charge on any atom is 0.435 e. The van der Waals surface area contributed by atoms with Crippen LogP contribution in [-0.4, -0.2) is 36.6 Å². The molecule has 292 valence electrons. The summed E-state index contributed by atoms with van der Waals surface area (Å²) >= 11 is 6.39. The fraction of sp³-hybridized carbons (Fsp3) is 0.297. The van der Waals surface area contributed by atoms with Crippen LogP contribution < -0.4 is 11.5 Å².